The molecule has 0 aromatic rings. The maximum atomic E-state index is 14.2. The Morgan fingerprint density at radius 2 is 1.81 bits per heavy atom. The van der Waals surface area contributed by atoms with E-state index in [1.165, 1.54) is 13.8 Å². The highest BCUT2D eigenvalue weighted by atomic mass is 16.6. The minimum atomic E-state index is -1.41. The molecule has 1 aliphatic heterocycles. The lowest BCUT2D eigenvalue weighted by Crippen LogP contribution is -2.77. The molecule has 178 valence electrons. The van der Waals surface area contributed by atoms with Gasteiger partial charge >= 0.3 is 11.9 Å². The number of hydrogen-bond donors (Lipinski definition) is 2. The first-order valence-electron chi connectivity index (χ1n) is 11.3. The molecule has 2 N–H and O–H groups in total. The number of aliphatic hydroxyl groups excluding tert-OH is 1. The SMILES string of the molecule is CC(=O)O[C@H]1C(=O)[C@@]2(C)C(CC3(O)CCC(C)=C1C3(C)C)[C@]1(OC(C)=O)COC1C[C@@H]2O. The van der Waals surface area contributed by atoms with E-state index in [0.29, 0.717) is 18.4 Å². The van der Waals surface area contributed by atoms with Gasteiger partial charge in [-0.2, -0.15) is 0 Å². The van der Waals surface area contributed by atoms with Gasteiger partial charge in [-0.1, -0.05) is 19.4 Å². The van der Waals surface area contributed by atoms with Gasteiger partial charge in [0.2, 0.25) is 0 Å². The number of fused-ring (bicyclic) bond motifs is 5. The Morgan fingerprint density at radius 1 is 1.16 bits per heavy atom. The minimum Gasteiger partial charge on any atom is -0.454 e. The monoisotopic (exact) mass is 450 g/mol. The zero-order valence-electron chi connectivity index (χ0n) is 19.7. The van der Waals surface area contributed by atoms with Gasteiger partial charge in [0.25, 0.3) is 0 Å². The van der Waals surface area contributed by atoms with Crippen LogP contribution >= 0.6 is 0 Å². The van der Waals surface area contributed by atoms with Gasteiger partial charge in [-0.05, 0) is 38.7 Å². The van der Waals surface area contributed by atoms with Crippen molar-refractivity contribution < 1.29 is 38.8 Å². The highest BCUT2D eigenvalue weighted by Crippen LogP contribution is 2.63. The molecule has 0 aromatic heterocycles. The molecule has 0 amide bonds. The van der Waals surface area contributed by atoms with E-state index < -0.39 is 64.0 Å². The van der Waals surface area contributed by atoms with Crippen LogP contribution in [0.1, 0.15) is 67.2 Å². The molecule has 2 bridgehead atoms. The summed E-state index contributed by atoms with van der Waals surface area (Å²) in [4.78, 5) is 38.4. The third-order valence-corrected chi connectivity index (χ3v) is 8.90. The van der Waals surface area contributed by atoms with E-state index >= 15 is 0 Å². The first-order valence-corrected chi connectivity index (χ1v) is 11.3. The third kappa shape index (κ3) is 2.88. The van der Waals surface area contributed by atoms with Crippen LogP contribution in [-0.4, -0.2) is 64.1 Å². The second-order valence-corrected chi connectivity index (χ2v) is 10.8. The van der Waals surface area contributed by atoms with Gasteiger partial charge < -0.3 is 24.4 Å². The highest BCUT2D eigenvalue weighted by molar-refractivity contribution is 5.94. The second-order valence-electron chi connectivity index (χ2n) is 10.8. The lowest BCUT2D eigenvalue weighted by Gasteiger charge is -2.65. The molecule has 0 radical (unpaired) electrons. The molecule has 4 aliphatic rings. The number of ether oxygens (including phenoxy) is 3. The molecule has 8 heteroatoms. The fourth-order valence-electron chi connectivity index (χ4n) is 6.86. The van der Waals surface area contributed by atoms with E-state index in [9.17, 15) is 24.6 Å². The summed E-state index contributed by atoms with van der Waals surface area (Å²) in [6.07, 6.45) is -1.66. The van der Waals surface area contributed by atoms with E-state index in [2.05, 4.69) is 0 Å². The molecule has 8 nitrogen and oxygen atoms in total. The summed E-state index contributed by atoms with van der Waals surface area (Å²) in [5, 5.41) is 23.3. The molecule has 3 aliphatic carbocycles. The maximum absolute atomic E-state index is 14.2. The van der Waals surface area contributed by atoms with Crippen molar-refractivity contribution in [3.05, 3.63) is 11.1 Å². The Balaban J connectivity index is 1.97. The van der Waals surface area contributed by atoms with Crippen LogP contribution in [0.25, 0.3) is 0 Å². The van der Waals surface area contributed by atoms with Crippen molar-refractivity contribution in [2.45, 2.75) is 96.7 Å². The lowest BCUT2D eigenvalue weighted by atomic mass is 9.46. The van der Waals surface area contributed by atoms with Crippen molar-refractivity contribution in [1.29, 1.82) is 0 Å². The van der Waals surface area contributed by atoms with E-state index in [0.717, 1.165) is 5.57 Å². The minimum absolute atomic E-state index is 0.0912. The van der Waals surface area contributed by atoms with E-state index in [-0.39, 0.29) is 19.4 Å². The van der Waals surface area contributed by atoms with Crippen LogP contribution in [0.15, 0.2) is 11.1 Å². The summed E-state index contributed by atoms with van der Waals surface area (Å²) in [5.41, 5.74) is -3.18. The third-order valence-electron chi connectivity index (χ3n) is 8.90. The summed E-state index contributed by atoms with van der Waals surface area (Å²) in [7, 11) is 0. The summed E-state index contributed by atoms with van der Waals surface area (Å²) >= 11 is 0. The Morgan fingerprint density at radius 3 is 2.34 bits per heavy atom. The number of rotatable bonds is 2. The Bertz CT molecular complexity index is 906. The van der Waals surface area contributed by atoms with E-state index in [1.807, 2.05) is 20.8 Å². The number of carbonyl (C=O) groups excluding carboxylic acids is 3. The van der Waals surface area contributed by atoms with Gasteiger partial charge in [0.1, 0.15) is 6.10 Å². The lowest BCUT2D eigenvalue weighted by molar-refractivity contribution is -0.327. The number of carbonyl (C=O) groups is 3. The number of hydrogen-bond acceptors (Lipinski definition) is 8. The van der Waals surface area contributed by atoms with Crippen LogP contribution in [0.2, 0.25) is 0 Å². The molecule has 4 rings (SSSR count). The molecular weight excluding hydrogens is 416 g/mol. The standard InChI is InChI=1S/C24H34O8/c1-12-7-8-23(29)10-15-22(6,16(27)9-17-24(15,11-30-17)32-14(3)26)20(28)19(31-13(2)25)18(12)21(23,4)5/h15-17,19,27,29H,7-11H2,1-6H3/t15?,16-,17?,19+,22-,23?,24+/m0/s1. The molecule has 7 atom stereocenters. The van der Waals surface area contributed by atoms with Crippen molar-refractivity contribution in [2.75, 3.05) is 6.61 Å². The largest absolute Gasteiger partial charge is 0.454 e. The predicted octanol–water partition coefficient (Wildman–Crippen LogP) is 1.85. The number of ketones is 1. The molecule has 0 spiro atoms. The summed E-state index contributed by atoms with van der Waals surface area (Å²) < 4.78 is 17.1. The first-order chi connectivity index (χ1) is 14.7. The van der Waals surface area contributed by atoms with Crippen LogP contribution in [0.3, 0.4) is 0 Å². The molecule has 1 heterocycles. The van der Waals surface area contributed by atoms with Crippen molar-refractivity contribution in [3.63, 3.8) is 0 Å². The van der Waals surface area contributed by atoms with Crippen LogP contribution in [-0.2, 0) is 28.6 Å². The zero-order chi connectivity index (χ0) is 23.9. The summed E-state index contributed by atoms with van der Waals surface area (Å²) in [6, 6.07) is 0. The second kappa shape index (κ2) is 7.11. The highest BCUT2D eigenvalue weighted by Gasteiger charge is 2.73. The van der Waals surface area contributed by atoms with Crippen molar-refractivity contribution in [2.24, 2.45) is 16.7 Å². The van der Waals surface area contributed by atoms with E-state index in [4.69, 9.17) is 14.2 Å². The quantitative estimate of drug-likeness (QED) is 0.483. The number of aliphatic hydroxyl groups is 2. The molecular formula is C24H34O8. The van der Waals surface area contributed by atoms with Gasteiger partial charge in [-0.15, -0.1) is 0 Å². The van der Waals surface area contributed by atoms with Gasteiger partial charge in [0, 0.05) is 31.6 Å². The van der Waals surface area contributed by atoms with Gasteiger partial charge in [0.05, 0.1) is 23.7 Å². The van der Waals surface area contributed by atoms with Crippen LogP contribution < -0.4 is 0 Å². The van der Waals surface area contributed by atoms with Crippen molar-refractivity contribution >= 4 is 17.7 Å². The van der Waals surface area contributed by atoms with Crippen LogP contribution in [0.5, 0.6) is 0 Å². The van der Waals surface area contributed by atoms with Gasteiger partial charge in [-0.3, -0.25) is 14.4 Å². The smallest absolute Gasteiger partial charge is 0.303 e. The Labute approximate surface area is 188 Å². The van der Waals surface area contributed by atoms with Crippen molar-refractivity contribution in [1.82, 2.24) is 0 Å². The number of esters is 2. The fourth-order valence-corrected chi connectivity index (χ4v) is 6.86. The first kappa shape index (κ1) is 23.4. The average Bonchev–Trinajstić information content (AvgIpc) is 2.67. The van der Waals surface area contributed by atoms with Crippen LogP contribution in [0, 0.1) is 16.7 Å². The summed E-state index contributed by atoms with van der Waals surface area (Å²) in [6.45, 7) is 9.92. The zero-order valence-corrected chi connectivity index (χ0v) is 19.7. The van der Waals surface area contributed by atoms with Crippen LogP contribution in [0.4, 0.5) is 0 Å². The average molecular weight is 451 g/mol. The molecule has 2 saturated carbocycles. The molecule has 0 aromatic carbocycles. The molecule has 3 fully saturated rings. The topological polar surface area (TPSA) is 119 Å². The molecule has 3 unspecified atom stereocenters. The van der Waals surface area contributed by atoms with Gasteiger partial charge in [-0.25, -0.2) is 0 Å². The molecule has 32 heavy (non-hydrogen) atoms. The summed E-state index contributed by atoms with van der Waals surface area (Å²) in [5.74, 6) is -2.25. The maximum Gasteiger partial charge on any atom is 0.303 e. The number of Topliss-reactive ketones (excluding diaryl/α,β-unsaturated/α-hetero) is 1. The van der Waals surface area contributed by atoms with E-state index in [1.54, 1.807) is 6.92 Å². The fraction of sp³-hybridized carbons (Fsp3) is 0.792. The Hall–Kier alpha value is -1.77. The molecule has 1 saturated heterocycles. The predicted molar refractivity (Wildman–Crippen MR) is 112 cm³/mol. The Kier molecular flexibility index (Phi) is 5.20. The van der Waals surface area contributed by atoms with Crippen molar-refractivity contribution in [3.8, 4) is 0 Å². The normalized spacial score (nSPS) is 44.9. The number of allylic oxidation sites excluding steroid dienone is 1. The van der Waals surface area contributed by atoms with Gasteiger partial charge in [0.15, 0.2) is 17.5 Å².